The molecule has 2 heterocycles. The molecule has 0 aromatic carbocycles. The first-order valence-corrected chi connectivity index (χ1v) is 7.37. The third-order valence-corrected chi connectivity index (χ3v) is 3.87. The number of pyridine rings is 1. The Morgan fingerprint density at radius 2 is 2.05 bits per heavy atom. The van der Waals surface area contributed by atoms with Crippen molar-refractivity contribution in [2.45, 2.75) is 32.5 Å². The molecular weight excluding hydrogens is 295 g/mol. The van der Waals surface area contributed by atoms with Gasteiger partial charge in [0, 0.05) is 26.2 Å². The van der Waals surface area contributed by atoms with Crippen LogP contribution in [0.5, 0.6) is 0 Å². The van der Waals surface area contributed by atoms with Crippen LogP contribution in [-0.4, -0.2) is 46.9 Å². The van der Waals surface area contributed by atoms with Gasteiger partial charge in [-0.05, 0) is 38.1 Å². The Morgan fingerprint density at radius 1 is 1.36 bits per heavy atom. The molecule has 122 valence electrons. The molecule has 0 saturated carbocycles. The number of amides is 1. The smallest absolute Gasteiger partial charge is 0.336 e. The second-order valence-corrected chi connectivity index (χ2v) is 5.48. The Kier molecular flexibility index (Phi) is 5.39. The summed E-state index contributed by atoms with van der Waals surface area (Å²) >= 11 is 0. The Bertz CT molecular complexity index is 513. The Labute approximate surface area is 127 Å². The average Bonchev–Trinajstić information content (AvgIpc) is 2.95. The first-order chi connectivity index (χ1) is 10.4. The Morgan fingerprint density at radius 3 is 2.64 bits per heavy atom. The highest BCUT2D eigenvalue weighted by Gasteiger charge is 2.34. The summed E-state index contributed by atoms with van der Waals surface area (Å²) in [6, 6.07) is 2.26. The minimum Gasteiger partial charge on any atom is -0.336 e. The topological polar surface area (TPSA) is 36.4 Å². The summed E-state index contributed by atoms with van der Waals surface area (Å²) in [7, 11) is 0. The third kappa shape index (κ3) is 4.43. The second kappa shape index (κ2) is 7.09. The van der Waals surface area contributed by atoms with E-state index >= 15 is 0 Å². The fourth-order valence-electron chi connectivity index (χ4n) is 2.62. The fourth-order valence-corrected chi connectivity index (χ4v) is 2.62. The zero-order valence-electron chi connectivity index (χ0n) is 12.6. The molecule has 4 nitrogen and oxygen atoms in total. The summed E-state index contributed by atoms with van der Waals surface area (Å²) in [5, 5.41) is 0. The zero-order valence-corrected chi connectivity index (χ0v) is 12.6. The SMILES string of the molecule is CC(=O)N(CCN1CCCC1)Cc1ncccc1C(F)(F)F. The molecule has 0 unspecified atom stereocenters. The van der Waals surface area contributed by atoms with Crippen LogP contribution < -0.4 is 0 Å². The summed E-state index contributed by atoms with van der Waals surface area (Å²) in [5.74, 6) is -0.238. The van der Waals surface area contributed by atoms with Crippen molar-refractivity contribution in [2.24, 2.45) is 0 Å². The summed E-state index contributed by atoms with van der Waals surface area (Å²) in [5.41, 5.74) is -0.881. The summed E-state index contributed by atoms with van der Waals surface area (Å²) in [6.45, 7) is 4.35. The maximum atomic E-state index is 13.0. The van der Waals surface area contributed by atoms with Crippen molar-refractivity contribution in [2.75, 3.05) is 26.2 Å². The first kappa shape index (κ1) is 16.7. The van der Waals surface area contributed by atoms with Gasteiger partial charge in [0.25, 0.3) is 0 Å². The third-order valence-electron chi connectivity index (χ3n) is 3.87. The van der Waals surface area contributed by atoms with Gasteiger partial charge in [-0.2, -0.15) is 13.2 Å². The van der Waals surface area contributed by atoms with Crippen molar-refractivity contribution < 1.29 is 18.0 Å². The van der Waals surface area contributed by atoms with Gasteiger partial charge >= 0.3 is 6.18 Å². The van der Waals surface area contributed by atoms with E-state index in [9.17, 15) is 18.0 Å². The average molecular weight is 315 g/mol. The van der Waals surface area contributed by atoms with Gasteiger partial charge in [-0.1, -0.05) is 0 Å². The second-order valence-electron chi connectivity index (χ2n) is 5.48. The number of likely N-dealkylation sites (tertiary alicyclic amines) is 1. The largest absolute Gasteiger partial charge is 0.418 e. The van der Waals surface area contributed by atoms with E-state index in [2.05, 4.69) is 9.88 Å². The molecule has 1 aromatic rings. The molecule has 0 bridgehead atoms. The lowest BCUT2D eigenvalue weighted by molar-refractivity contribution is -0.140. The van der Waals surface area contributed by atoms with Gasteiger partial charge in [-0.3, -0.25) is 9.78 Å². The van der Waals surface area contributed by atoms with Crippen LogP contribution >= 0.6 is 0 Å². The van der Waals surface area contributed by atoms with Crippen LogP contribution in [0.4, 0.5) is 13.2 Å². The fraction of sp³-hybridized carbons (Fsp3) is 0.600. The number of hydrogen-bond donors (Lipinski definition) is 0. The minimum atomic E-state index is -4.46. The number of aromatic nitrogens is 1. The van der Waals surface area contributed by atoms with Crippen molar-refractivity contribution in [1.82, 2.24) is 14.8 Å². The van der Waals surface area contributed by atoms with Crippen LogP contribution in [0.1, 0.15) is 31.0 Å². The van der Waals surface area contributed by atoms with Crippen LogP contribution in [0.3, 0.4) is 0 Å². The molecule has 0 spiro atoms. The quantitative estimate of drug-likeness (QED) is 0.838. The molecule has 7 heteroatoms. The van der Waals surface area contributed by atoms with E-state index in [4.69, 9.17) is 0 Å². The molecule has 1 aliphatic rings. The van der Waals surface area contributed by atoms with Crippen LogP contribution in [0, 0.1) is 0 Å². The van der Waals surface area contributed by atoms with E-state index in [-0.39, 0.29) is 18.1 Å². The molecule has 1 fully saturated rings. The van der Waals surface area contributed by atoms with Crippen molar-refractivity contribution in [1.29, 1.82) is 0 Å². The molecule has 1 aliphatic heterocycles. The predicted molar refractivity (Wildman–Crippen MR) is 76.0 cm³/mol. The molecule has 0 atom stereocenters. The summed E-state index contributed by atoms with van der Waals surface area (Å²) in [4.78, 5) is 19.2. The Hall–Kier alpha value is -1.63. The van der Waals surface area contributed by atoms with Crippen LogP contribution in [0.2, 0.25) is 0 Å². The van der Waals surface area contributed by atoms with Gasteiger partial charge in [0.15, 0.2) is 0 Å². The molecular formula is C15H20F3N3O. The van der Waals surface area contributed by atoms with E-state index in [1.165, 1.54) is 24.1 Å². The zero-order chi connectivity index (χ0) is 16.2. The lowest BCUT2D eigenvalue weighted by Gasteiger charge is -2.25. The van der Waals surface area contributed by atoms with Crippen LogP contribution in [0.15, 0.2) is 18.3 Å². The molecule has 0 aliphatic carbocycles. The maximum Gasteiger partial charge on any atom is 0.418 e. The van der Waals surface area contributed by atoms with Crippen molar-refractivity contribution in [3.63, 3.8) is 0 Å². The number of hydrogen-bond acceptors (Lipinski definition) is 3. The van der Waals surface area contributed by atoms with Gasteiger partial charge in [-0.25, -0.2) is 0 Å². The van der Waals surface area contributed by atoms with Gasteiger partial charge in [0.05, 0.1) is 17.8 Å². The van der Waals surface area contributed by atoms with Gasteiger partial charge in [0.2, 0.25) is 5.91 Å². The first-order valence-electron chi connectivity index (χ1n) is 7.37. The van der Waals surface area contributed by atoms with E-state index in [0.29, 0.717) is 13.1 Å². The predicted octanol–water partition coefficient (Wildman–Crippen LogP) is 2.54. The van der Waals surface area contributed by atoms with Crippen molar-refractivity contribution in [3.8, 4) is 0 Å². The van der Waals surface area contributed by atoms with Crippen molar-refractivity contribution >= 4 is 5.91 Å². The number of rotatable bonds is 5. The van der Waals surface area contributed by atoms with Crippen molar-refractivity contribution in [3.05, 3.63) is 29.6 Å². The minimum absolute atomic E-state index is 0.105. The Balaban J connectivity index is 2.06. The van der Waals surface area contributed by atoms with E-state index in [1.807, 2.05) is 0 Å². The molecule has 1 saturated heterocycles. The lowest BCUT2D eigenvalue weighted by atomic mass is 10.1. The van der Waals surface area contributed by atoms with Crippen LogP contribution in [-0.2, 0) is 17.5 Å². The number of carbonyl (C=O) groups excluding carboxylic acids is 1. The van der Waals surface area contributed by atoms with Gasteiger partial charge in [0.1, 0.15) is 0 Å². The number of carbonyl (C=O) groups is 1. The molecule has 22 heavy (non-hydrogen) atoms. The lowest BCUT2D eigenvalue weighted by Crippen LogP contribution is -2.37. The summed E-state index contributed by atoms with van der Waals surface area (Å²) in [6.07, 6.45) is -0.860. The normalized spacial score (nSPS) is 16.0. The monoisotopic (exact) mass is 315 g/mol. The molecule has 2 rings (SSSR count). The van der Waals surface area contributed by atoms with Crippen LogP contribution in [0.25, 0.3) is 0 Å². The highest BCUT2D eigenvalue weighted by atomic mass is 19.4. The molecule has 0 N–H and O–H groups in total. The molecule has 0 radical (unpaired) electrons. The number of nitrogens with zero attached hydrogens (tertiary/aromatic N) is 3. The molecule has 1 amide bonds. The van der Waals surface area contributed by atoms with E-state index in [0.717, 1.165) is 32.0 Å². The number of halogens is 3. The van der Waals surface area contributed by atoms with Gasteiger partial charge < -0.3 is 9.80 Å². The summed E-state index contributed by atoms with van der Waals surface area (Å²) < 4.78 is 38.9. The highest BCUT2D eigenvalue weighted by Crippen LogP contribution is 2.31. The standard InChI is InChI=1S/C15H20F3N3O/c1-12(22)21(10-9-20-7-2-3-8-20)11-14-13(15(16,17)18)5-4-6-19-14/h4-6H,2-3,7-11H2,1H3. The van der Waals surface area contributed by atoms with E-state index in [1.54, 1.807) is 0 Å². The van der Waals surface area contributed by atoms with E-state index < -0.39 is 11.7 Å². The molecule has 1 aromatic heterocycles. The maximum absolute atomic E-state index is 13.0. The number of alkyl halides is 3. The highest BCUT2D eigenvalue weighted by molar-refractivity contribution is 5.73. The van der Waals surface area contributed by atoms with Gasteiger partial charge in [-0.15, -0.1) is 0 Å².